The van der Waals surface area contributed by atoms with E-state index in [0.29, 0.717) is 17.7 Å². The number of anilines is 2. The fourth-order valence-corrected chi connectivity index (χ4v) is 5.57. The van der Waals surface area contributed by atoms with E-state index in [9.17, 15) is 17.6 Å². The highest BCUT2D eigenvalue weighted by molar-refractivity contribution is 7.99. The molecular formula is C25H26FN3O3S2. The predicted octanol–water partition coefficient (Wildman–Crippen LogP) is 4.42. The van der Waals surface area contributed by atoms with Crippen LogP contribution in [0.2, 0.25) is 0 Å². The number of carbonyl (C=O) groups is 1. The Morgan fingerprint density at radius 1 is 1.03 bits per heavy atom. The highest BCUT2D eigenvalue weighted by Crippen LogP contribution is 2.21. The van der Waals surface area contributed by atoms with Gasteiger partial charge in [0.15, 0.2) is 0 Å². The van der Waals surface area contributed by atoms with Crippen molar-refractivity contribution in [3.8, 4) is 0 Å². The molecule has 0 radical (unpaired) electrons. The van der Waals surface area contributed by atoms with Crippen LogP contribution in [0, 0.1) is 12.7 Å². The van der Waals surface area contributed by atoms with Crippen LogP contribution in [-0.4, -0.2) is 38.9 Å². The van der Waals surface area contributed by atoms with Crippen LogP contribution in [0.3, 0.4) is 0 Å². The maximum Gasteiger partial charge on any atom is 0.261 e. The van der Waals surface area contributed by atoms with Crippen LogP contribution in [0.4, 0.5) is 15.8 Å². The third-order valence-corrected chi connectivity index (χ3v) is 7.92. The molecule has 0 bridgehead atoms. The van der Waals surface area contributed by atoms with E-state index >= 15 is 0 Å². The van der Waals surface area contributed by atoms with Crippen molar-refractivity contribution >= 4 is 39.1 Å². The summed E-state index contributed by atoms with van der Waals surface area (Å²) in [5.74, 6) is 1.35. The van der Waals surface area contributed by atoms with Crippen LogP contribution in [0.25, 0.3) is 0 Å². The molecule has 0 aromatic heterocycles. The van der Waals surface area contributed by atoms with Crippen molar-refractivity contribution < 1.29 is 17.6 Å². The van der Waals surface area contributed by atoms with Crippen LogP contribution in [0.5, 0.6) is 0 Å². The minimum absolute atomic E-state index is 0.183. The number of amides is 1. The van der Waals surface area contributed by atoms with Crippen molar-refractivity contribution in [2.75, 3.05) is 34.2 Å². The molecule has 9 heteroatoms. The molecule has 0 spiro atoms. The summed E-state index contributed by atoms with van der Waals surface area (Å²) in [6, 6.07) is 18.1. The van der Waals surface area contributed by atoms with Crippen molar-refractivity contribution in [2.24, 2.45) is 0 Å². The number of halogens is 1. The quantitative estimate of drug-likeness (QED) is 0.503. The summed E-state index contributed by atoms with van der Waals surface area (Å²) in [6.07, 6.45) is 0. The molecule has 0 aliphatic carbocycles. The number of carbonyl (C=O) groups excluding carboxylic acids is 1. The molecule has 34 heavy (non-hydrogen) atoms. The van der Waals surface area contributed by atoms with E-state index in [-0.39, 0.29) is 16.5 Å². The SMILES string of the molecule is Cc1ccc(S(=O)(=O)Nc2cccc(C(=O)NCc3ccc(N4CCSCC4)cc3)c2)cc1F. The highest BCUT2D eigenvalue weighted by atomic mass is 32.2. The van der Waals surface area contributed by atoms with Gasteiger partial charge in [-0.05, 0) is 60.5 Å². The van der Waals surface area contributed by atoms with E-state index in [1.54, 1.807) is 19.1 Å². The number of nitrogens with one attached hydrogen (secondary N) is 2. The number of hydrogen-bond donors (Lipinski definition) is 2. The molecule has 1 aliphatic heterocycles. The fraction of sp³-hybridized carbons (Fsp3) is 0.240. The van der Waals surface area contributed by atoms with Gasteiger partial charge in [-0.25, -0.2) is 12.8 Å². The lowest BCUT2D eigenvalue weighted by Crippen LogP contribution is -2.32. The Morgan fingerprint density at radius 3 is 2.47 bits per heavy atom. The second-order valence-corrected chi connectivity index (χ2v) is 11.0. The van der Waals surface area contributed by atoms with Gasteiger partial charge in [0.1, 0.15) is 5.82 Å². The van der Waals surface area contributed by atoms with Crippen molar-refractivity contribution in [3.63, 3.8) is 0 Å². The number of aryl methyl sites for hydroxylation is 1. The largest absolute Gasteiger partial charge is 0.370 e. The van der Waals surface area contributed by atoms with Gasteiger partial charge in [0.2, 0.25) is 0 Å². The first-order chi connectivity index (χ1) is 16.3. The van der Waals surface area contributed by atoms with Gasteiger partial charge in [0.05, 0.1) is 4.90 Å². The van der Waals surface area contributed by atoms with E-state index < -0.39 is 15.8 Å². The molecule has 6 nitrogen and oxygen atoms in total. The third kappa shape index (κ3) is 5.90. The normalized spacial score (nSPS) is 14.0. The van der Waals surface area contributed by atoms with E-state index in [1.165, 1.54) is 30.0 Å². The number of hydrogen-bond acceptors (Lipinski definition) is 5. The average Bonchev–Trinajstić information content (AvgIpc) is 2.85. The smallest absolute Gasteiger partial charge is 0.261 e. The van der Waals surface area contributed by atoms with Crippen molar-refractivity contribution in [1.29, 1.82) is 0 Å². The molecule has 178 valence electrons. The molecule has 1 aliphatic rings. The van der Waals surface area contributed by atoms with E-state index in [2.05, 4.69) is 27.1 Å². The Balaban J connectivity index is 1.38. The lowest BCUT2D eigenvalue weighted by atomic mass is 10.1. The van der Waals surface area contributed by atoms with Gasteiger partial charge < -0.3 is 10.2 Å². The molecule has 1 heterocycles. The standard InChI is InChI=1S/C25H26FN3O3S2/c1-18-5-10-23(16-24(18)26)34(31,32)28-21-4-2-3-20(15-21)25(30)27-17-19-6-8-22(9-7-19)29-11-13-33-14-12-29/h2-10,15-16,28H,11-14,17H2,1H3,(H,27,30). The van der Waals surface area contributed by atoms with Gasteiger partial charge in [0.25, 0.3) is 15.9 Å². The summed E-state index contributed by atoms with van der Waals surface area (Å²) in [5.41, 5.74) is 3.05. The van der Waals surface area contributed by atoms with Crippen LogP contribution >= 0.6 is 11.8 Å². The zero-order chi connectivity index (χ0) is 24.1. The molecule has 2 N–H and O–H groups in total. The molecule has 1 amide bonds. The zero-order valence-corrected chi connectivity index (χ0v) is 20.4. The van der Waals surface area contributed by atoms with Crippen LogP contribution in [-0.2, 0) is 16.6 Å². The van der Waals surface area contributed by atoms with Gasteiger partial charge in [0, 0.05) is 48.1 Å². The average molecular weight is 500 g/mol. The summed E-state index contributed by atoms with van der Waals surface area (Å²) >= 11 is 1.97. The zero-order valence-electron chi connectivity index (χ0n) is 18.8. The summed E-state index contributed by atoms with van der Waals surface area (Å²) < 4.78 is 41.5. The Morgan fingerprint density at radius 2 is 1.76 bits per heavy atom. The number of nitrogens with zero attached hydrogens (tertiary/aromatic N) is 1. The topological polar surface area (TPSA) is 78.5 Å². The van der Waals surface area contributed by atoms with Crippen LogP contribution in [0.15, 0.2) is 71.6 Å². The van der Waals surface area contributed by atoms with Gasteiger partial charge >= 0.3 is 0 Å². The van der Waals surface area contributed by atoms with Gasteiger partial charge in [-0.15, -0.1) is 0 Å². The number of benzene rings is 3. The molecule has 0 saturated carbocycles. The summed E-state index contributed by atoms with van der Waals surface area (Å²) in [6.45, 7) is 4.00. The number of rotatable bonds is 7. The molecule has 3 aromatic carbocycles. The fourth-order valence-electron chi connectivity index (χ4n) is 3.61. The Bertz CT molecular complexity index is 1270. The van der Waals surface area contributed by atoms with Crippen LogP contribution < -0.4 is 14.9 Å². The monoisotopic (exact) mass is 499 g/mol. The molecular weight excluding hydrogens is 473 g/mol. The van der Waals surface area contributed by atoms with Gasteiger partial charge in [-0.1, -0.05) is 24.3 Å². The lowest BCUT2D eigenvalue weighted by molar-refractivity contribution is 0.0951. The summed E-state index contributed by atoms with van der Waals surface area (Å²) in [5, 5.41) is 2.87. The minimum atomic E-state index is -3.99. The Hall–Kier alpha value is -3.04. The van der Waals surface area contributed by atoms with E-state index in [1.807, 2.05) is 23.9 Å². The Kier molecular flexibility index (Phi) is 7.43. The molecule has 1 fully saturated rings. The van der Waals surface area contributed by atoms with Gasteiger partial charge in [-0.3, -0.25) is 9.52 Å². The maximum absolute atomic E-state index is 13.8. The second-order valence-electron chi connectivity index (χ2n) is 8.05. The summed E-state index contributed by atoms with van der Waals surface area (Å²) in [4.78, 5) is 14.8. The molecule has 3 aromatic rings. The highest BCUT2D eigenvalue weighted by Gasteiger charge is 2.17. The predicted molar refractivity (Wildman–Crippen MR) is 136 cm³/mol. The van der Waals surface area contributed by atoms with E-state index in [4.69, 9.17) is 0 Å². The molecule has 4 rings (SSSR count). The second kappa shape index (κ2) is 10.5. The minimum Gasteiger partial charge on any atom is -0.370 e. The lowest BCUT2D eigenvalue weighted by Gasteiger charge is -2.28. The van der Waals surface area contributed by atoms with Crippen LogP contribution in [0.1, 0.15) is 21.5 Å². The van der Waals surface area contributed by atoms with Gasteiger partial charge in [-0.2, -0.15) is 11.8 Å². The van der Waals surface area contributed by atoms with Crippen molar-refractivity contribution in [2.45, 2.75) is 18.4 Å². The van der Waals surface area contributed by atoms with Crippen molar-refractivity contribution in [1.82, 2.24) is 5.32 Å². The number of sulfonamides is 1. The molecule has 0 unspecified atom stereocenters. The first-order valence-corrected chi connectivity index (χ1v) is 13.5. The Labute approximate surface area is 203 Å². The van der Waals surface area contributed by atoms with Crippen molar-refractivity contribution in [3.05, 3.63) is 89.2 Å². The first-order valence-electron chi connectivity index (χ1n) is 10.9. The molecule has 1 saturated heterocycles. The van der Waals surface area contributed by atoms with E-state index in [0.717, 1.165) is 36.2 Å². The molecule has 0 atom stereocenters. The first kappa shape index (κ1) is 24.1. The maximum atomic E-state index is 13.8. The third-order valence-electron chi connectivity index (χ3n) is 5.60. The number of thioether (sulfide) groups is 1. The summed E-state index contributed by atoms with van der Waals surface area (Å²) in [7, 11) is -3.99.